The number of nitrogens with zero attached hydrogens (tertiary/aromatic N) is 2. The van der Waals surface area contributed by atoms with E-state index in [0.29, 0.717) is 6.54 Å². The number of aromatic nitrogens is 2. The van der Waals surface area contributed by atoms with Crippen LogP contribution >= 0.6 is 11.6 Å². The maximum atomic E-state index is 6.01. The lowest BCUT2D eigenvalue weighted by molar-refractivity contribution is 0.374. The lowest BCUT2D eigenvalue weighted by atomic mass is 10.2. The molecule has 0 radical (unpaired) electrons. The summed E-state index contributed by atoms with van der Waals surface area (Å²) in [5, 5.41) is 5.79. The first-order chi connectivity index (χ1) is 8.22. The van der Waals surface area contributed by atoms with Crippen LogP contribution < -0.4 is 0 Å². The number of aryl methyl sites for hydroxylation is 1. The summed E-state index contributed by atoms with van der Waals surface area (Å²) in [5.41, 5.74) is 2.00. The summed E-state index contributed by atoms with van der Waals surface area (Å²) >= 11 is 6.01. The Balaban J connectivity index is 2.03. The van der Waals surface area contributed by atoms with E-state index in [0.717, 1.165) is 22.0 Å². The van der Waals surface area contributed by atoms with Gasteiger partial charge in [0.05, 0.1) is 12.2 Å². The number of hydrogen-bond acceptors (Lipinski definition) is 2. The monoisotopic (exact) mass is 246 g/mol. The number of halogens is 1. The highest BCUT2D eigenvalue weighted by molar-refractivity contribution is 6.31. The van der Waals surface area contributed by atoms with Gasteiger partial charge in [-0.15, -0.1) is 0 Å². The molecule has 0 fully saturated rings. The highest BCUT2D eigenvalue weighted by Crippen LogP contribution is 2.21. The number of benzene rings is 1. The van der Waals surface area contributed by atoms with Crippen LogP contribution in [0.3, 0.4) is 0 Å². The minimum atomic E-state index is 0.671. The van der Waals surface area contributed by atoms with Crippen molar-refractivity contribution in [2.75, 3.05) is 0 Å². The van der Waals surface area contributed by atoms with E-state index in [2.05, 4.69) is 15.8 Å². The second-order valence-electron chi connectivity index (χ2n) is 4.08. The van der Waals surface area contributed by atoms with Gasteiger partial charge in [0.2, 0.25) is 0 Å². The summed E-state index contributed by atoms with van der Waals surface area (Å²) < 4.78 is 7.31. The molecular weight excluding hydrogens is 236 g/mol. The van der Waals surface area contributed by atoms with Crippen LogP contribution in [0.1, 0.15) is 11.5 Å². The minimum absolute atomic E-state index is 0.671. The number of fused-ring (bicyclic) bond motifs is 1. The van der Waals surface area contributed by atoms with Crippen molar-refractivity contribution in [1.82, 2.24) is 9.72 Å². The molecule has 0 aliphatic carbocycles. The van der Waals surface area contributed by atoms with Gasteiger partial charge in [-0.3, -0.25) is 0 Å². The molecule has 86 valence electrons. The molecule has 0 aliphatic rings. The van der Waals surface area contributed by atoms with Crippen LogP contribution in [0.5, 0.6) is 0 Å². The molecule has 3 rings (SSSR count). The Hall–Kier alpha value is -1.74. The fourth-order valence-electron chi connectivity index (χ4n) is 1.95. The summed E-state index contributed by atoms with van der Waals surface area (Å²) in [7, 11) is 0. The average Bonchev–Trinajstić information content (AvgIpc) is 2.87. The summed E-state index contributed by atoms with van der Waals surface area (Å²) in [4.78, 5) is 0. The third-order valence-electron chi connectivity index (χ3n) is 2.74. The van der Waals surface area contributed by atoms with Gasteiger partial charge in [0.25, 0.3) is 0 Å². The maximum absolute atomic E-state index is 6.01. The molecule has 0 saturated carbocycles. The molecular formula is C13H11ClN2O. The van der Waals surface area contributed by atoms with Gasteiger partial charge in [0.1, 0.15) is 0 Å². The standard InChI is InChI=1S/C13H11ClN2O/c1-9-6-12(17-15-9)8-16-5-4-10-2-3-11(14)7-13(10)16/h2-7H,8H2,1H3. The van der Waals surface area contributed by atoms with Crippen molar-refractivity contribution in [2.45, 2.75) is 13.5 Å². The van der Waals surface area contributed by atoms with Crippen LogP contribution in [0.25, 0.3) is 10.9 Å². The van der Waals surface area contributed by atoms with Crippen molar-refractivity contribution in [3.05, 3.63) is 53.0 Å². The molecule has 3 nitrogen and oxygen atoms in total. The molecule has 0 atom stereocenters. The van der Waals surface area contributed by atoms with Gasteiger partial charge in [-0.05, 0) is 30.5 Å². The third kappa shape index (κ3) is 1.94. The van der Waals surface area contributed by atoms with Gasteiger partial charge in [0.15, 0.2) is 5.76 Å². The van der Waals surface area contributed by atoms with E-state index in [1.165, 1.54) is 5.39 Å². The molecule has 2 heterocycles. The van der Waals surface area contributed by atoms with E-state index in [4.69, 9.17) is 16.1 Å². The van der Waals surface area contributed by atoms with Crippen molar-refractivity contribution >= 4 is 22.5 Å². The van der Waals surface area contributed by atoms with Gasteiger partial charge in [0, 0.05) is 22.8 Å². The molecule has 0 aliphatic heterocycles. The van der Waals surface area contributed by atoms with Crippen LogP contribution in [-0.4, -0.2) is 9.72 Å². The minimum Gasteiger partial charge on any atom is -0.359 e. The fraction of sp³-hybridized carbons (Fsp3) is 0.154. The van der Waals surface area contributed by atoms with Crippen LogP contribution in [0.15, 0.2) is 41.1 Å². The van der Waals surface area contributed by atoms with E-state index < -0.39 is 0 Å². The van der Waals surface area contributed by atoms with Gasteiger partial charge >= 0.3 is 0 Å². The molecule has 17 heavy (non-hydrogen) atoms. The first kappa shape index (κ1) is 10.4. The van der Waals surface area contributed by atoms with Crippen LogP contribution in [0.4, 0.5) is 0 Å². The first-order valence-electron chi connectivity index (χ1n) is 5.39. The van der Waals surface area contributed by atoms with Gasteiger partial charge in [-0.25, -0.2) is 0 Å². The lowest BCUT2D eigenvalue weighted by Crippen LogP contribution is -1.96. The van der Waals surface area contributed by atoms with E-state index in [9.17, 15) is 0 Å². The van der Waals surface area contributed by atoms with Crippen molar-refractivity contribution in [2.24, 2.45) is 0 Å². The second kappa shape index (κ2) is 3.93. The first-order valence-corrected chi connectivity index (χ1v) is 5.77. The Morgan fingerprint density at radius 3 is 2.94 bits per heavy atom. The average molecular weight is 247 g/mol. The SMILES string of the molecule is Cc1cc(Cn2ccc3ccc(Cl)cc32)on1. The highest BCUT2D eigenvalue weighted by Gasteiger charge is 2.05. The zero-order valence-electron chi connectivity index (χ0n) is 9.35. The molecule has 0 unspecified atom stereocenters. The maximum Gasteiger partial charge on any atom is 0.156 e. The Labute approximate surface area is 104 Å². The molecule has 0 bridgehead atoms. The summed E-state index contributed by atoms with van der Waals surface area (Å²) in [6, 6.07) is 9.87. The lowest BCUT2D eigenvalue weighted by Gasteiger charge is -2.02. The van der Waals surface area contributed by atoms with Crippen LogP contribution in [-0.2, 0) is 6.54 Å². The third-order valence-corrected chi connectivity index (χ3v) is 2.97. The van der Waals surface area contributed by atoms with Crippen molar-refractivity contribution in [3.8, 4) is 0 Å². The van der Waals surface area contributed by atoms with Crippen molar-refractivity contribution in [3.63, 3.8) is 0 Å². The predicted octanol–water partition coefficient (Wildman–Crippen LogP) is 3.64. The molecule has 2 aromatic heterocycles. The molecule has 0 saturated heterocycles. The zero-order chi connectivity index (χ0) is 11.8. The van der Waals surface area contributed by atoms with Crippen molar-refractivity contribution < 1.29 is 4.52 Å². The van der Waals surface area contributed by atoms with Gasteiger partial charge in [-0.1, -0.05) is 22.8 Å². The molecule has 1 aromatic carbocycles. The Morgan fingerprint density at radius 1 is 1.29 bits per heavy atom. The number of rotatable bonds is 2. The molecule has 0 N–H and O–H groups in total. The summed E-state index contributed by atoms with van der Waals surface area (Å²) in [5.74, 6) is 0.847. The largest absolute Gasteiger partial charge is 0.359 e. The highest BCUT2D eigenvalue weighted by atomic mass is 35.5. The second-order valence-corrected chi connectivity index (χ2v) is 4.52. The zero-order valence-corrected chi connectivity index (χ0v) is 10.1. The quantitative estimate of drug-likeness (QED) is 0.691. The van der Waals surface area contributed by atoms with E-state index in [1.807, 2.05) is 37.4 Å². The Morgan fingerprint density at radius 2 is 2.18 bits per heavy atom. The molecule has 0 spiro atoms. The van der Waals surface area contributed by atoms with Gasteiger partial charge in [-0.2, -0.15) is 0 Å². The Kier molecular flexibility index (Phi) is 2.41. The Bertz CT molecular complexity index is 669. The normalized spacial score (nSPS) is 11.2. The fourth-order valence-corrected chi connectivity index (χ4v) is 2.12. The molecule has 4 heteroatoms. The van der Waals surface area contributed by atoms with E-state index >= 15 is 0 Å². The topological polar surface area (TPSA) is 31.0 Å². The van der Waals surface area contributed by atoms with Crippen molar-refractivity contribution in [1.29, 1.82) is 0 Å². The smallest absolute Gasteiger partial charge is 0.156 e. The number of hydrogen-bond donors (Lipinski definition) is 0. The van der Waals surface area contributed by atoms with E-state index in [1.54, 1.807) is 0 Å². The van der Waals surface area contributed by atoms with E-state index in [-0.39, 0.29) is 0 Å². The van der Waals surface area contributed by atoms with Crippen LogP contribution in [0.2, 0.25) is 5.02 Å². The summed E-state index contributed by atoms with van der Waals surface area (Å²) in [6.07, 6.45) is 2.03. The van der Waals surface area contributed by atoms with Crippen LogP contribution in [0, 0.1) is 6.92 Å². The van der Waals surface area contributed by atoms with Gasteiger partial charge < -0.3 is 9.09 Å². The summed E-state index contributed by atoms with van der Waals surface area (Å²) in [6.45, 7) is 2.59. The predicted molar refractivity (Wildman–Crippen MR) is 67.3 cm³/mol. The molecule has 0 amide bonds. The molecule has 3 aromatic rings.